The van der Waals surface area contributed by atoms with Crippen molar-refractivity contribution in [3.63, 3.8) is 0 Å². The third-order valence-electron chi connectivity index (χ3n) is 2.72. The van der Waals surface area contributed by atoms with E-state index in [1.165, 1.54) is 12.1 Å². The van der Waals surface area contributed by atoms with E-state index in [1.54, 1.807) is 23.9 Å². The Bertz CT molecular complexity index is 669. The number of nitro groups is 1. The second kappa shape index (κ2) is 7.48. The zero-order valence-electron chi connectivity index (χ0n) is 11.2. The number of aliphatic hydroxyl groups is 1. The molecule has 5 heteroatoms. The molecule has 1 N–H and O–H groups in total. The summed E-state index contributed by atoms with van der Waals surface area (Å²) in [6.45, 7) is -0.141. The van der Waals surface area contributed by atoms with Crippen molar-refractivity contribution in [3.05, 3.63) is 69.8 Å². The van der Waals surface area contributed by atoms with Crippen molar-refractivity contribution in [1.29, 1.82) is 0 Å². The molecule has 106 valence electrons. The van der Waals surface area contributed by atoms with E-state index in [-0.39, 0.29) is 12.3 Å². The molecule has 0 atom stereocenters. The Morgan fingerprint density at radius 1 is 1.10 bits per heavy atom. The summed E-state index contributed by atoms with van der Waals surface area (Å²) in [5.41, 5.74) is 2.12. The monoisotopic (exact) mass is 299 g/mol. The van der Waals surface area contributed by atoms with Crippen LogP contribution in [-0.4, -0.2) is 16.6 Å². The van der Waals surface area contributed by atoms with Gasteiger partial charge >= 0.3 is 0 Å². The molecule has 0 aliphatic carbocycles. The van der Waals surface area contributed by atoms with Crippen LogP contribution in [0.2, 0.25) is 0 Å². The van der Waals surface area contributed by atoms with Gasteiger partial charge in [-0.2, -0.15) is 0 Å². The number of benzene rings is 2. The van der Waals surface area contributed by atoms with E-state index in [2.05, 4.69) is 11.8 Å². The average Bonchev–Trinajstić information content (AvgIpc) is 2.52. The minimum Gasteiger partial charge on any atom is -0.384 e. The number of nitro benzene ring substituents is 1. The quantitative estimate of drug-likeness (QED) is 0.407. The van der Waals surface area contributed by atoms with Crippen LogP contribution in [0.25, 0.3) is 0 Å². The Kier molecular flexibility index (Phi) is 5.38. The molecule has 2 aromatic rings. The maximum absolute atomic E-state index is 10.6. The van der Waals surface area contributed by atoms with Crippen molar-refractivity contribution in [2.24, 2.45) is 0 Å². The van der Waals surface area contributed by atoms with E-state index >= 15 is 0 Å². The van der Waals surface area contributed by atoms with E-state index in [0.29, 0.717) is 0 Å². The van der Waals surface area contributed by atoms with Gasteiger partial charge in [-0.1, -0.05) is 24.0 Å². The highest BCUT2D eigenvalue weighted by molar-refractivity contribution is 7.98. The first-order valence-corrected chi connectivity index (χ1v) is 7.23. The molecule has 2 rings (SSSR count). The molecule has 0 aromatic heterocycles. The molecule has 0 aliphatic rings. The zero-order valence-corrected chi connectivity index (χ0v) is 12.0. The van der Waals surface area contributed by atoms with Gasteiger partial charge in [-0.05, 0) is 29.8 Å². The number of rotatable bonds is 4. The lowest BCUT2D eigenvalue weighted by Gasteiger charge is -2.02. The lowest BCUT2D eigenvalue weighted by molar-refractivity contribution is -0.384. The molecule has 0 amide bonds. The van der Waals surface area contributed by atoms with E-state index in [0.717, 1.165) is 21.8 Å². The lowest BCUT2D eigenvalue weighted by Crippen LogP contribution is -1.87. The van der Waals surface area contributed by atoms with Gasteiger partial charge in [0.2, 0.25) is 0 Å². The molecule has 2 aromatic carbocycles. The maximum atomic E-state index is 10.6. The first kappa shape index (κ1) is 15.1. The summed E-state index contributed by atoms with van der Waals surface area (Å²) in [5.74, 6) is 6.23. The molecule has 0 spiro atoms. The van der Waals surface area contributed by atoms with Crippen LogP contribution in [0.5, 0.6) is 0 Å². The summed E-state index contributed by atoms with van der Waals surface area (Å²) in [6, 6.07) is 14.3. The number of hydrogen-bond donors (Lipinski definition) is 1. The minimum atomic E-state index is -0.402. The van der Waals surface area contributed by atoms with Crippen molar-refractivity contribution in [3.8, 4) is 11.8 Å². The van der Waals surface area contributed by atoms with Gasteiger partial charge in [0.25, 0.3) is 5.69 Å². The van der Waals surface area contributed by atoms with Crippen molar-refractivity contribution in [1.82, 2.24) is 0 Å². The highest BCUT2D eigenvalue weighted by Gasteiger charge is 2.04. The molecule has 0 aliphatic heterocycles. The number of nitrogens with zero attached hydrogens (tertiary/aromatic N) is 1. The van der Waals surface area contributed by atoms with Crippen LogP contribution in [0.1, 0.15) is 11.1 Å². The molecule has 4 nitrogen and oxygen atoms in total. The van der Waals surface area contributed by atoms with Gasteiger partial charge in [-0.3, -0.25) is 10.1 Å². The second-order valence-electron chi connectivity index (χ2n) is 4.20. The van der Waals surface area contributed by atoms with Crippen LogP contribution in [-0.2, 0) is 5.75 Å². The zero-order chi connectivity index (χ0) is 15.1. The molecule has 0 fully saturated rings. The number of non-ortho nitro benzene ring substituents is 1. The Balaban J connectivity index is 1.94. The summed E-state index contributed by atoms with van der Waals surface area (Å²) < 4.78 is 0. The fraction of sp³-hybridized carbons (Fsp3) is 0.125. The molecule has 0 unspecified atom stereocenters. The number of hydrogen-bond acceptors (Lipinski definition) is 4. The molecule has 21 heavy (non-hydrogen) atoms. The highest BCUT2D eigenvalue weighted by atomic mass is 32.2. The predicted octanol–water partition coefficient (Wildman–Crippen LogP) is 3.23. The minimum absolute atomic E-state index is 0.103. The molecular formula is C16H13NO3S. The van der Waals surface area contributed by atoms with E-state index in [9.17, 15) is 10.1 Å². The van der Waals surface area contributed by atoms with Gasteiger partial charge in [0, 0.05) is 28.3 Å². The van der Waals surface area contributed by atoms with Crippen molar-refractivity contribution in [2.45, 2.75) is 10.6 Å². The number of aliphatic hydroxyl groups excluding tert-OH is 1. The third kappa shape index (κ3) is 4.63. The Hall–Kier alpha value is -2.29. The van der Waals surface area contributed by atoms with Gasteiger partial charge < -0.3 is 5.11 Å². The van der Waals surface area contributed by atoms with Gasteiger partial charge in [-0.15, -0.1) is 11.8 Å². The molecule has 0 saturated carbocycles. The largest absolute Gasteiger partial charge is 0.384 e. The van der Waals surface area contributed by atoms with E-state index in [1.807, 2.05) is 24.3 Å². The van der Waals surface area contributed by atoms with Crippen molar-refractivity contribution >= 4 is 17.4 Å². The summed E-state index contributed by atoms with van der Waals surface area (Å²) in [5, 5.41) is 19.2. The fourth-order valence-electron chi connectivity index (χ4n) is 1.66. The summed E-state index contributed by atoms with van der Waals surface area (Å²) in [6.07, 6.45) is 0. The van der Waals surface area contributed by atoms with E-state index in [4.69, 9.17) is 5.11 Å². The SMILES string of the molecule is O=[N+]([O-])c1ccc(SCc2ccc(C#CCO)cc2)cc1. The van der Waals surface area contributed by atoms with E-state index < -0.39 is 4.92 Å². The van der Waals surface area contributed by atoms with Crippen LogP contribution in [0.3, 0.4) is 0 Å². The standard InChI is InChI=1S/C16H13NO3S/c18-11-1-2-13-3-5-14(6-4-13)12-21-16-9-7-15(8-10-16)17(19)20/h3-10,18H,11-12H2. The first-order valence-electron chi connectivity index (χ1n) is 6.25. The van der Waals surface area contributed by atoms with Crippen molar-refractivity contribution < 1.29 is 10.0 Å². The van der Waals surface area contributed by atoms with Crippen molar-refractivity contribution in [2.75, 3.05) is 6.61 Å². The third-order valence-corrected chi connectivity index (χ3v) is 3.80. The smallest absolute Gasteiger partial charge is 0.269 e. The topological polar surface area (TPSA) is 63.4 Å². The van der Waals surface area contributed by atoms with Gasteiger partial charge in [-0.25, -0.2) is 0 Å². The van der Waals surface area contributed by atoms with Crippen LogP contribution in [0.15, 0.2) is 53.4 Å². The number of thioether (sulfide) groups is 1. The predicted molar refractivity (Wildman–Crippen MR) is 83.1 cm³/mol. The first-order chi connectivity index (χ1) is 10.2. The van der Waals surface area contributed by atoms with Gasteiger partial charge in [0.15, 0.2) is 0 Å². The lowest BCUT2D eigenvalue weighted by atomic mass is 10.1. The summed E-state index contributed by atoms with van der Waals surface area (Å²) >= 11 is 1.62. The maximum Gasteiger partial charge on any atom is 0.269 e. The Morgan fingerprint density at radius 2 is 1.76 bits per heavy atom. The highest BCUT2D eigenvalue weighted by Crippen LogP contribution is 2.24. The Morgan fingerprint density at radius 3 is 2.33 bits per heavy atom. The molecule has 0 bridgehead atoms. The molecular weight excluding hydrogens is 286 g/mol. The van der Waals surface area contributed by atoms with Crippen LogP contribution >= 0.6 is 11.8 Å². The van der Waals surface area contributed by atoms with Crippen LogP contribution in [0, 0.1) is 22.0 Å². The fourth-order valence-corrected chi connectivity index (χ4v) is 2.51. The summed E-state index contributed by atoms with van der Waals surface area (Å²) in [7, 11) is 0. The van der Waals surface area contributed by atoms with Gasteiger partial charge in [0.1, 0.15) is 6.61 Å². The Labute approximate surface area is 127 Å². The molecule has 0 saturated heterocycles. The van der Waals surface area contributed by atoms with Crippen LogP contribution < -0.4 is 0 Å². The second-order valence-corrected chi connectivity index (χ2v) is 5.25. The molecule has 0 radical (unpaired) electrons. The average molecular weight is 299 g/mol. The summed E-state index contributed by atoms with van der Waals surface area (Å²) in [4.78, 5) is 11.2. The molecule has 0 heterocycles. The normalized spacial score (nSPS) is 9.76. The van der Waals surface area contributed by atoms with Gasteiger partial charge in [0.05, 0.1) is 4.92 Å². The van der Waals surface area contributed by atoms with Crippen LogP contribution in [0.4, 0.5) is 5.69 Å².